The van der Waals surface area contributed by atoms with Crippen molar-refractivity contribution in [1.82, 2.24) is 14.8 Å². The number of para-hydroxylation sites is 3. The normalized spacial score (nSPS) is 17.0. The van der Waals surface area contributed by atoms with Crippen LogP contribution >= 0.6 is 23.4 Å². The molecule has 10 heteroatoms. The van der Waals surface area contributed by atoms with Gasteiger partial charge < -0.3 is 10.2 Å². The van der Waals surface area contributed by atoms with E-state index in [-0.39, 0.29) is 17.6 Å². The molecular weight excluding hydrogens is 472 g/mol. The van der Waals surface area contributed by atoms with Crippen LogP contribution in [0.2, 0.25) is 5.02 Å². The zero-order chi connectivity index (χ0) is 23.9. The van der Waals surface area contributed by atoms with Crippen LogP contribution in [0.25, 0.3) is 5.69 Å². The molecule has 0 unspecified atom stereocenters. The van der Waals surface area contributed by atoms with Gasteiger partial charge in [0.05, 0.1) is 27.8 Å². The molecule has 8 nitrogen and oxygen atoms in total. The molecule has 0 atom stereocenters. The van der Waals surface area contributed by atoms with Gasteiger partial charge in [0, 0.05) is 13.1 Å². The third-order valence-corrected chi connectivity index (χ3v) is 7.41. The van der Waals surface area contributed by atoms with Gasteiger partial charge in [0.1, 0.15) is 5.54 Å². The van der Waals surface area contributed by atoms with Crippen molar-refractivity contribution < 1.29 is 9.59 Å². The summed E-state index contributed by atoms with van der Waals surface area (Å²) in [5.74, 6) is 0.408. The predicted octanol–water partition coefficient (Wildman–Crippen LogP) is 4.38. The van der Waals surface area contributed by atoms with Gasteiger partial charge in [0.25, 0.3) is 0 Å². The zero-order valence-electron chi connectivity index (χ0n) is 19.0. The van der Waals surface area contributed by atoms with Crippen molar-refractivity contribution in [2.75, 3.05) is 34.0 Å². The Labute approximate surface area is 207 Å². The summed E-state index contributed by atoms with van der Waals surface area (Å²) in [7, 11) is 0. The quantitative estimate of drug-likeness (QED) is 0.528. The maximum atomic E-state index is 13.5. The second kappa shape index (κ2) is 8.96. The minimum atomic E-state index is -1.02. The van der Waals surface area contributed by atoms with Crippen molar-refractivity contribution >= 4 is 52.5 Å². The summed E-state index contributed by atoms with van der Waals surface area (Å²) >= 11 is 7.83. The Morgan fingerprint density at radius 3 is 2.47 bits per heavy atom. The summed E-state index contributed by atoms with van der Waals surface area (Å²) in [4.78, 5) is 30.0. The molecule has 1 N–H and O–H groups in total. The Balaban J connectivity index is 1.46. The number of thioether (sulfide) groups is 1. The lowest BCUT2D eigenvalue weighted by atomic mass is 9.96. The largest absolute Gasteiger partial charge is 0.341 e. The summed E-state index contributed by atoms with van der Waals surface area (Å²) in [6, 6.07) is 14.9. The Hall–Kier alpha value is -3.04. The van der Waals surface area contributed by atoms with Crippen LogP contribution in [0.5, 0.6) is 0 Å². The van der Waals surface area contributed by atoms with E-state index in [9.17, 15) is 9.59 Å². The van der Waals surface area contributed by atoms with E-state index >= 15 is 0 Å². The molecule has 1 fully saturated rings. The van der Waals surface area contributed by atoms with Gasteiger partial charge >= 0.3 is 0 Å². The van der Waals surface area contributed by atoms with E-state index in [2.05, 4.69) is 20.4 Å². The smallest absolute Gasteiger partial charge is 0.250 e. The Morgan fingerprint density at radius 2 is 1.74 bits per heavy atom. The Bertz CT molecular complexity index is 1250. The van der Waals surface area contributed by atoms with Crippen LogP contribution < -0.4 is 15.1 Å². The third kappa shape index (κ3) is 3.92. The second-order valence-corrected chi connectivity index (χ2v) is 10.2. The van der Waals surface area contributed by atoms with Crippen molar-refractivity contribution in [3.8, 4) is 5.69 Å². The van der Waals surface area contributed by atoms with E-state index in [0.717, 1.165) is 37.6 Å². The molecule has 34 heavy (non-hydrogen) atoms. The average molecular weight is 497 g/mol. The van der Waals surface area contributed by atoms with Gasteiger partial charge in [-0.25, -0.2) is 0 Å². The number of hydrogen-bond acceptors (Lipinski definition) is 6. The fraction of sp³-hybridized carbons (Fsp3) is 0.333. The second-order valence-electron chi connectivity index (χ2n) is 8.81. The van der Waals surface area contributed by atoms with Crippen LogP contribution in [-0.4, -0.2) is 51.0 Å². The molecular formula is C24H25ClN6O2S. The Morgan fingerprint density at radius 1 is 1.06 bits per heavy atom. The van der Waals surface area contributed by atoms with E-state index in [1.54, 1.807) is 24.8 Å². The molecule has 2 amide bonds. The minimum Gasteiger partial charge on any atom is -0.341 e. The molecule has 2 aliphatic rings. The molecule has 3 aromatic rings. The van der Waals surface area contributed by atoms with Crippen molar-refractivity contribution in [2.24, 2.45) is 0 Å². The highest BCUT2D eigenvalue weighted by molar-refractivity contribution is 7.99. The number of carbonyl (C=O) groups excluding carboxylic acids is 2. The topological polar surface area (TPSA) is 83.4 Å². The van der Waals surface area contributed by atoms with E-state index < -0.39 is 5.54 Å². The highest BCUT2D eigenvalue weighted by Gasteiger charge is 2.43. The summed E-state index contributed by atoms with van der Waals surface area (Å²) in [5, 5.41) is 12.9. The molecule has 0 radical (unpaired) electrons. The van der Waals surface area contributed by atoms with Crippen LogP contribution in [0.15, 0.2) is 53.7 Å². The molecule has 0 spiro atoms. The minimum absolute atomic E-state index is 0.0909. The lowest BCUT2D eigenvalue weighted by Gasteiger charge is -2.42. The monoisotopic (exact) mass is 496 g/mol. The van der Waals surface area contributed by atoms with Crippen molar-refractivity contribution in [3.63, 3.8) is 0 Å². The van der Waals surface area contributed by atoms with Crippen LogP contribution in [0, 0.1) is 0 Å². The summed E-state index contributed by atoms with van der Waals surface area (Å²) < 4.78 is 1.92. The fourth-order valence-corrected chi connectivity index (χ4v) is 5.42. The van der Waals surface area contributed by atoms with Crippen molar-refractivity contribution in [3.05, 3.63) is 53.6 Å². The number of nitrogens with zero attached hydrogens (tertiary/aromatic N) is 5. The van der Waals surface area contributed by atoms with Crippen molar-refractivity contribution in [1.29, 1.82) is 0 Å². The zero-order valence-corrected chi connectivity index (χ0v) is 20.6. The van der Waals surface area contributed by atoms with E-state index in [0.29, 0.717) is 21.6 Å². The van der Waals surface area contributed by atoms with Crippen LogP contribution in [-0.2, 0) is 9.59 Å². The maximum absolute atomic E-state index is 13.5. The maximum Gasteiger partial charge on any atom is 0.250 e. The molecule has 1 saturated heterocycles. The summed E-state index contributed by atoms with van der Waals surface area (Å²) in [6.45, 7) is 5.30. The number of anilines is 3. The molecule has 176 valence electrons. The van der Waals surface area contributed by atoms with Gasteiger partial charge in [-0.1, -0.05) is 47.6 Å². The third-order valence-electron chi connectivity index (χ3n) is 6.18. The van der Waals surface area contributed by atoms with Crippen LogP contribution in [0.4, 0.5) is 17.3 Å². The first kappa shape index (κ1) is 22.7. The first-order valence-electron chi connectivity index (χ1n) is 11.2. The first-order valence-corrected chi connectivity index (χ1v) is 12.6. The van der Waals surface area contributed by atoms with Gasteiger partial charge in [0.2, 0.25) is 17.8 Å². The molecule has 5 rings (SSSR count). The van der Waals surface area contributed by atoms with Crippen LogP contribution in [0.1, 0.15) is 26.7 Å². The lowest BCUT2D eigenvalue weighted by Crippen LogP contribution is -2.59. The van der Waals surface area contributed by atoms with Gasteiger partial charge in [0.15, 0.2) is 5.16 Å². The van der Waals surface area contributed by atoms with Crippen molar-refractivity contribution in [2.45, 2.75) is 37.4 Å². The van der Waals surface area contributed by atoms with Gasteiger partial charge in [-0.15, -0.1) is 10.2 Å². The molecule has 0 bridgehead atoms. The number of aromatic nitrogens is 3. The standard InChI is InChI=1S/C24H25ClN6O2S/c1-24(2)21(33)26-17-10-4-6-12-19(17)31(24)20(32)15-34-23-28-27-22(29-13-7-8-14-29)30(23)18-11-5-3-9-16(18)25/h3-6,9-12H,7-8,13-15H2,1-2H3,(H,26,33). The number of rotatable bonds is 5. The summed E-state index contributed by atoms with van der Waals surface area (Å²) in [5.41, 5.74) is 1.06. The Kier molecular flexibility index (Phi) is 5.99. The first-order chi connectivity index (χ1) is 16.4. The van der Waals surface area contributed by atoms with Gasteiger partial charge in [-0.05, 0) is 51.0 Å². The van der Waals surface area contributed by atoms with E-state index in [1.165, 1.54) is 11.8 Å². The number of benzene rings is 2. The number of fused-ring (bicyclic) bond motifs is 1. The van der Waals surface area contributed by atoms with E-state index in [4.69, 9.17) is 11.6 Å². The molecule has 1 aromatic heterocycles. The SMILES string of the molecule is CC1(C)C(=O)Nc2ccccc2N1C(=O)CSc1nnc(N2CCCC2)n1-c1ccccc1Cl. The molecule has 2 aliphatic heterocycles. The number of amides is 2. The predicted molar refractivity (Wildman–Crippen MR) is 135 cm³/mol. The number of carbonyl (C=O) groups is 2. The van der Waals surface area contributed by atoms with Gasteiger partial charge in [-0.3, -0.25) is 19.1 Å². The highest BCUT2D eigenvalue weighted by Crippen LogP contribution is 2.38. The highest BCUT2D eigenvalue weighted by atomic mass is 35.5. The van der Waals surface area contributed by atoms with Crippen LogP contribution in [0.3, 0.4) is 0 Å². The average Bonchev–Trinajstić information content (AvgIpc) is 3.48. The number of nitrogens with one attached hydrogen (secondary N) is 1. The molecule has 3 heterocycles. The number of hydrogen-bond donors (Lipinski definition) is 1. The molecule has 0 aliphatic carbocycles. The molecule has 0 saturated carbocycles. The fourth-order valence-electron chi connectivity index (χ4n) is 4.41. The number of halogens is 1. The van der Waals surface area contributed by atoms with E-state index in [1.807, 2.05) is 47.0 Å². The summed E-state index contributed by atoms with van der Waals surface area (Å²) in [6.07, 6.45) is 2.20. The molecule has 2 aromatic carbocycles. The van der Waals surface area contributed by atoms with Gasteiger partial charge in [-0.2, -0.15) is 0 Å². The lowest BCUT2D eigenvalue weighted by molar-refractivity contribution is -0.125.